The van der Waals surface area contributed by atoms with Gasteiger partial charge in [0, 0.05) is 5.56 Å². The fraction of sp³-hybridized carbons (Fsp3) is 0.455. The first-order valence-corrected chi connectivity index (χ1v) is 5.52. The number of fused-ring (bicyclic) bond motifs is 2. The van der Waals surface area contributed by atoms with Crippen molar-refractivity contribution in [1.29, 1.82) is 0 Å². The standard InChI is InChI=1S/C11F12/c12-3-1-2(4(13)6(15)5(3)14)8(16,17)9(18,19)7(1)10(20,21)11(7,22)23. The molecule has 1 saturated carbocycles. The molecule has 1 aromatic carbocycles. The molecule has 23 heavy (non-hydrogen) atoms. The van der Waals surface area contributed by atoms with Crippen molar-refractivity contribution in [1.82, 2.24) is 0 Å². The fourth-order valence-corrected chi connectivity index (χ4v) is 2.95. The monoisotopic (exact) mass is 360 g/mol. The van der Waals surface area contributed by atoms with E-state index in [-0.39, 0.29) is 0 Å². The summed E-state index contributed by atoms with van der Waals surface area (Å²) in [4.78, 5) is 0. The number of benzene rings is 1. The summed E-state index contributed by atoms with van der Waals surface area (Å²) in [6, 6.07) is 0. The molecule has 3 rings (SSSR count). The van der Waals surface area contributed by atoms with E-state index in [0.29, 0.717) is 0 Å². The highest BCUT2D eigenvalue weighted by molar-refractivity contribution is 5.62. The molecule has 1 fully saturated rings. The zero-order valence-electron chi connectivity index (χ0n) is 10.0. The lowest BCUT2D eigenvalue weighted by molar-refractivity contribution is -0.237. The Morgan fingerprint density at radius 1 is 0.435 bits per heavy atom. The van der Waals surface area contributed by atoms with E-state index >= 15 is 0 Å². The Labute approximate surface area is 117 Å². The van der Waals surface area contributed by atoms with E-state index in [0.717, 1.165) is 0 Å². The molecular weight excluding hydrogens is 360 g/mol. The van der Waals surface area contributed by atoms with E-state index in [4.69, 9.17) is 0 Å². The van der Waals surface area contributed by atoms with Crippen molar-refractivity contribution in [3.63, 3.8) is 0 Å². The van der Waals surface area contributed by atoms with Crippen LogP contribution >= 0.6 is 0 Å². The van der Waals surface area contributed by atoms with Gasteiger partial charge in [0.2, 0.25) is 5.41 Å². The van der Waals surface area contributed by atoms with Crippen molar-refractivity contribution in [2.75, 3.05) is 0 Å². The van der Waals surface area contributed by atoms with E-state index in [1.54, 1.807) is 0 Å². The molecule has 1 spiro atoms. The second kappa shape index (κ2) is 3.56. The molecule has 2 aliphatic carbocycles. The molecule has 1 aromatic rings. The highest BCUT2D eigenvalue weighted by Gasteiger charge is 3.10. The molecule has 0 aromatic heterocycles. The molecule has 0 radical (unpaired) electrons. The topological polar surface area (TPSA) is 0 Å². The van der Waals surface area contributed by atoms with Crippen molar-refractivity contribution >= 4 is 0 Å². The molecule has 0 unspecified atom stereocenters. The number of halogens is 12. The average Bonchev–Trinajstić information content (AvgIpc) is 2.68. The van der Waals surface area contributed by atoms with E-state index < -0.39 is 63.5 Å². The maximum absolute atomic E-state index is 13.7. The Balaban J connectivity index is 2.57. The first kappa shape index (κ1) is 16.2. The molecule has 0 heterocycles. The van der Waals surface area contributed by atoms with Gasteiger partial charge in [0.05, 0.1) is 5.56 Å². The third-order valence-corrected chi connectivity index (χ3v) is 4.10. The van der Waals surface area contributed by atoms with Crippen LogP contribution in [0.4, 0.5) is 52.7 Å². The predicted molar refractivity (Wildman–Crippen MR) is 46.7 cm³/mol. The third kappa shape index (κ3) is 1.15. The maximum atomic E-state index is 13.7. The molecule has 0 saturated heterocycles. The summed E-state index contributed by atoms with van der Waals surface area (Å²) < 4.78 is 160. The molecule has 0 bridgehead atoms. The minimum Gasteiger partial charge on any atom is -0.203 e. The summed E-state index contributed by atoms with van der Waals surface area (Å²) in [6.45, 7) is 0. The minimum atomic E-state index is -6.41. The lowest BCUT2D eigenvalue weighted by Crippen LogP contribution is -2.45. The van der Waals surface area contributed by atoms with Crippen LogP contribution in [-0.2, 0) is 11.3 Å². The van der Waals surface area contributed by atoms with Crippen molar-refractivity contribution in [2.24, 2.45) is 0 Å². The van der Waals surface area contributed by atoms with Gasteiger partial charge < -0.3 is 0 Å². The summed E-state index contributed by atoms with van der Waals surface area (Å²) in [5.41, 5.74) is -11.5. The molecule has 0 atom stereocenters. The van der Waals surface area contributed by atoms with Gasteiger partial charge in [-0.2, -0.15) is 35.1 Å². The second-order valence-electron chi connectivity index (χ2n) is 5.05. The highest BCUT2D eigenvalue weighted by atomic mass is 19.3. The van der Waals surface area contributed by atoms with Gasteiger partial charge in [-0.05, 0) is 0 Å². The van der Waals surface area contributed by atoms with Crippen molar-refractivity contribution < 1.29 is 52.7 Å². The van der Waals surface area contributed by atoms with Crippen LogP contribution in [0.25, 0.3) is 0 Å². The normalized spacial score (nSPS) is 27.1. The summed E-state index contributed by atoms with van der Waals surface area (Å²) in [6.07, 6.45) is 0. The summed E-state index contributed by atoms with van der Waals surface area (Å²) >= 11 is 0. The van der Waals surface area contributed by atoms with E-state index in [9.17, 15) is 52.7 Å². The largest absolute Gasteiger partial charge is 0.340 e. The molecule has 0 amide bonds. The van der Waals surface area contributed by atoms with E-state index in [1.807, 2.05) is 0 Å². The van der Waals surface area contributed by atoms with Gasteiger partial charge in [0.25, 0.3) is 0 Å². The predicted octanol–water partition coefficient (Wildman–Crippen LogP) is 4.51. The summed E-state index contributed by atoms with van der Waals surface area (Å²) in [5, 5.41) is 0. The van der Waals surface area contributed by atoms with Crippen LogP contribution in [-0.4, -0.2) is 17.8 Å². The lowest BCUT2D eigenvalue weighted by atomic mass is 9.93. The smallest absolute Gasteiger partial charge is 0.203 e. The molecule has 0 aliphatic heterocycles. The molecule has 2 aliphatic rings. The minimum absolute atomic E-state index is 2.96. The Hall–Kier alpha value is -1.62. The fourth-order valence-electron chi connectivity index (χ4n) is 2.95. The molecule has 0 nitrogen and oxygen atoms in total. The summed E-state index contributed by atoms with van der Waals surface area (Å²) in [5.74, 6) is -36.7. The zero-order valence-corrected chi connectivity index (χ0v) is 10.0. The van der Waals surface area contributed by atoms with Gasteiger partial charge >= 0.3 is 23.7 Å². The first-order chi connectivity index (χ1) is 10.1. The molecular formula is C11F12. The molecule has 0 N–H and O–H groups in total. The number of alkyl halides is 8. The van der Waals surface area contributed by atoms with E-state index in [1.165, 1.54) is 0 Å². The van der Waals surface area contributed by atoms with Gasteiger partial charge in [-0.25, -0.2) is 17.6 Å². The van der Waals surface area contributed by atoms with Gasteiger partial charge in [-0.3, -0.25) is 0 Å². The Morgan fingerprint density at radius 3 is 1.13 bits per heavy atom. The van der Waals surface area contributed by atoms with Crippen LogP contribution in [0.5, 0.6) is 0 Å². The molecule has 12 heteroatoms. The van der Waals surface area contributed by atoms with Crippen LogP contribution in [0.15, 0.2) is 0 Å². The molecule has 128 valence electrons. The summed E-state index contributed by atoms with van der Waals surface area (Å²) in [7, 11) is 0. The Morgan fingerprint density at radius 2 is 0.783 bits per heavy atom. The third-order valence-electron chi connectivity index (χ3n) is 4.10. The van der Waals surface area contributed by atoms with Crippen LogP contribution in [0.3, 0.4) is 0 Å². The van der Waals surface area contributed by atoms with Crippen LogP contribution in [0.1, 0.15) is 11.1 Å². The van der Waals surface area contributed by atoms with Crippen molar-refractivity contribution in [3.8, 4) is 0 Å². The SMILES string of the molecule is Fc1c(F)c(F)c2c(c1F)C(F)(F)C(F)(F)C21C(F)(F)C1(F)F. The van der Waals surface area contributed by atoms with Gasteiger partial charge in [-0.1, -0.05) is 0 Å². The van der Waals surface area contributed by atoms with Crippen LogP contribution in [0.2, 0.25) is 0 Å². The maximum Gasteiger partial charge on any atom is 0.340 e. The zero-order chi connectivity index (χ0) is 18.0. The van der Waals surface area contributed by atoms with Crippen LogP contribution < -0.4 is 0 Å². The average molecular weight is 360 g/mol. The van der Waals surface area contributed by atoms with Gasteiger partial charge in [0.15, 0.2) is 23.3 Å². The second-order valence-corrected chi connectivity index (χ2v) is 5.05. The van der Waals surface area contributed by atoms with Crippen molar-refractivity contribution in [3.05, 3.63) is 34.4 Å². The van der Waals surface area contributed by atoms with Crippen molar-refractivity contribution in [2.45, 2.75) is 29.1 Å². The van der Waals surface area contributed by atoms with Gasteiger partial charge in [0.1, 0.15) is 0 Å². The quantitative estimate of drug-likeness (QED) is 0.363. The highest BCUT2D eigenvalue weighted by Crippen LogP contribution is 2.84. The number of rotatable bonds is 0. The Bertz CT molecular complexity index is 732. The van der Waals surface area contributed by atoms with Crippen LogP contribution in [0, 0.1) is 23.3 Å². The number of hydrogen-bond donors (Lipinski definition) is 0. The lowest BCUT2D eigenvalue weighted by Gasteiger charge is -2.23. The first-order valence-electron chi connectivity index (χ1n) is 5.52. The Kier molecular flexibility index (Phi) is 2.51. The van der Waals surface area contributed by atoms with Gasteiger partial charge in [-0.15, -0.1) is 0 Å². The number of hydrogen-bond acceptors (Lipinski definition) is 0. The van der Waals surface area contributed by atoms with E-state index in [2.05, 4.69) is 0 Å².